The van der Waals surface area contributed by atoms with Gasteiger partial charge in [-0.2, -0.15) is 0 Å². The Morgan fingerprint density at radius 1 is 0.938 bits per heavy atom. The molecule has 0 aliphatic carbocycles. The molecular weight excluding hydrogens is 400 g/mol. The van der Waals surface area contributed by atoms with E-state index in [1.54, 1.807) is 0 Å². The van der Waals surface area contributed by atoms with Gasteiger partial charge in [0.2, 0.25) is 11.8 Å². The maximum atomic E-state index is 12.7. The average Bonchev–Trinajstić information content (AvgIpc) is 2.76. The highest BCUT2D eigenvalue weighted by Gasteiger charge is 2.17. The number of rotatable bonds is 13. The summed E-state index contributed by atoms with van der Waals surface area (Å²) >= 11 is 0. The van der Waals surface area contributed by atoms with Crippen LogP contribution in [0.2, 0.25) is 0 Å². The van der Waals surface area contributed by atoms with E-state index < -0.39 is 0 Å². The molecule has 0 heterocycles. The number of ether oxygens (including phenoxy) is 1. The van der Waals surface area contributed by atoms with Gasteiger partial charge in [-0.25, -0.2) is 0 Å². The second-order valence-corrected chi connectivity index (χ2v) is 8.96. The molecule has 2 aromatic rings. The summed E-state index contributed by atoms with van der Waals surface area (Å²) < 4.78 is 5.90. The molecule has 5 nitrogen and oxygen atoms in total. The first-order chi connectivity index (χ1) is 15.4. The molecule has 2 N–H and O–H groups in total. The van der Waals surface area contributed by atoms with Crippen LogP contribution in [0.15, 0.2) is 54.6 Å². The van der Waals surface area contributed by atoms with Crippen molar-refractivity contribution in [2.24, 2.45) is 11.8 Å². The fourth-order valence-electron chi connectivity index (χ4n) is 3.55. The summed E-state index contributed by atoms with van der Waals surface area (Å²) in [5.74, 6) is 1.53. The van der Waals surface area contributed by atoms with Gasteiger partial charge in [-0.3, -0.25) is 9.59 Å². The third kappa shape index (κ3) is 9.54. The van der Waals surface area contributed by atoms with E-state index in [1.807, 2.05) is 68.4 Å². The number of nitrogens with one attached hydrogen (secondary N) is 2. The molecule has 174 valence electrons. The van der Waals surface area contributed by atoms with Gasteiger partial charge in [-0.15, -0.1) is 0 Å². The normalized spacial score (nSPS) is 12.8. The standard InChI is InChI=1S/C27H38N2O3/c1-5-9-21(4)19-32-24-14-12-23(13-15-24)25(18-28-26(30)16-20(2)3)29-27(31)17-22-10-7-6-8-11-22/h6-8,10-15,20-21,25H,5,9,16-19H2,1-4H3,(H,28,30)(H,29,31). The number of carbonyl (C=O) groups excluding carboxylic acids is 2. The summed E-state index contributed by atoms with van der Waals surface area (Å²) in [6, 6.07) is 17.1. The highest BCUT2D eigenvalue weighted by atomic mass is 16.5. The molecule has 0 aliphatic rings. The lowest BCUT2D eigenvalue weighted by molar-refractivity contribution is -0.123. The van der Waals surface area contributed by atoms with Crippen molar-refractivity contribution in [3.05, 3.63) is 65.7 Å². The predicted octanol–water partition coefficient (Wildman–Crippen LogP) is 5.06. The first-order valence-electron chi connectivity index (χ1n) is 11.7. The lowest BCUT2D eigenvalue weighted by atomic mass is 10.0. The van der Waals surface area contributed by atoms with Crippen LogP contribution in [-0.2, 0) is 16.0 Å². The Hall–Kier alpha value is -2.82. The zero-order valence-electron chi connectivity index (χ0n) is 19.9. The van der Waals surface area contributed by atoms with Crippen molar-refractivity contribution in [1.29, 1.82) is 0 Å². The minimum atomic E-state index is -0.310. The van der Waals surface area contributed by atoms with Crippen LogP contribution >= 0.6 is 0 Å². The molecule has 2 amide bonds. The summed E-state index contributed by atoms with van der Waals surface area (Å²) in [5, 5.41) is 6.05. The maximum absolute atomic E-state index is 12.7. The molecule has 0 aromatic heterocycles. The number of hydrogen-bond acceptors (Lipinski definition) is 3. The van der Waals surface area contributed by atoms with E-state index in [4.69, 9.17) is 4.74 Å². The van der Waals surface area contributed by atoms with E-state index >= 15 is 0 Å². The molecule has 0 radical (unpaired) electrons. The van der Waals surface area contributed by atoms with Crippen LogP contribution in [0.5, 0.6) is 5.75 Å². The minimum Gasteiger partial charge on any atom is -0.493 e. The van der Waals surface area contributed by atoms with Crippen molar-refractivity contribution >= 4 is 11.8 Å². The van der Waals surface area contributed by atoms with Crippen molar-refractivity contribution < 1.29 is 14.3 Å². The molecular formula is C27H38N2O3. The molecule has 2 unspecified atom stereocenters. The van der Waals surface area contributed by atoms with Gasteiger partial charge in [-0.05, 0) is 41.5 Å². The Morgan fingerprint density at radius 3 is 2.25 bits per heavy atom. The zero-order valence-corrected chi connectivity index (χ0v) is 19.9. The lowest BCUT2D eigenvalue weighted by Crippen LogP contribution is -2.38. The fourth-order valence-corrected chi connectivity index (χ4v) is 3.55. The first-order valence-corrected chi connectivity index (χ1v) is 11.7. The molecule has 0 aliphatic heterocycles. The third-order valence-corrected chi connectivity index (χ3v) is 5.24. The van der Waals surface area contributed by atoms with Gasteiger partial charge < -0.3 is 15.4 Å². The largest absolute Gasteiger partial charge is 0.493 e. The summed E-state index contributed by atoms with van der Waals surface area (Å²) in [7, 11) is 0. The predicted molar refractivity (Wildman–Crippen MR) is 130 cm³/mol. The van der Waals surface area contributed by atoms with Crippen LogP contribution in [0.1, 0.15) is 64.1 Å². The summed E-state index contributed by atoms with van der Waals surface area (Å²) in [5.41, 5.74) is 1.89. The van der Waals surface area contributed by atoms with Crippen LogP contribution in [0.4, 0.5) is 0 Å². The molecule has 2 aromatic carbocycles. The van der Waals surface area contributed by atoms with E-state index in [0.29, 0.717) is 31.9 Å². The second kappa shape index (κ2) is 13.6. The molecule has 2 rings (SSSR count). The Balaban J connectivity index is 2.03. The van der Waals surface area contributed by atoms with E-state index in [-0.39, 0.29) is 23.8 Å². The van der Waals surface area contributed by atoms with Crippen LogP contribution in [0.25, 0.3) is 0 Å². The number of benzene rings is 2. The molecule has 0 bridgehead atoms. The maximum Gasteiger partial charge on any atom is 0.224 e. The highest BCUT2D eigenvalue weighted by Crippen LogP contribution is 2.19. The van der Waals surface area contributed by atoms with Crippen molar-refractivity contribution in [2.75, 3.05) is 13.2 Å². The van der Waals surface area contributed by atoms with Gasteiger partial charge in [0, 0.05) is 13.0 Å². The molecule has 32 heavy (non-hydrogen) atoms. The smallest absolute Gasteiger partial charge is 0.224 e. The van der Waals surface area contributed by atoms with Gasteiger partial charge in [-0.1, -0.05) is 76.6 Å². The number of hydrogen-bond donors (Lipinski definition) is 2. The molecule has 5 heteroatoms. The third-order valence-electron chi connectivity index (χ3n) is 5.24. The van der Waals surface area contributed by atoms with E-state index in [0.717, 1.165) is 29.7 Å². The summed E-state index contributed by atoms with van der Waals surface area (Å²) in [6.07, 6.45) is 3.06. The van der Waals surface area contributed by atoms with E-state index in [9.17, 15) is 9.59 Å². The molecule has 0 saturated carbocycles. The Morgan fingerprint density at radius 2 is 1.62 bits per heavy atom. The van der Waals surface area contributed by atoms with Crippen molar-refractivity contribution in [1.82, 2.24) is 10.6 Å². The van der Waals surface area contributed by atoms with Crippen LogP contribution in [0, 0.1) is 11.8 Å². The number of carbonyl (C=O) groups is 2. The monoisotopic (exact) mass is 438 g/mol. The molecule has 0 fully saturated rings. The fraction of sp³-hybridized carbons (Fsp3) is 0.481. The van der Waals surface area contributed by atoms with Gasteiger partial charge in [0.05, 0.1) is 19.1 Å². The van der Waals surface area contributed by atoms with E-state index in [1.165, 1.54) is 0 Å². The van der Waals surface area contributed by atoms with Gasteiger partial charge in [0.1, 0.15) is 5.75 Å². The van der Waals surface area contributed by atoms with Crippen molar-refractivity contribution in [3.8, 4) is 5.75 Å². The van der Waals surface area contributed by atoms with Crippen LogP contribution < -0.4 is 15.4 Å². The van der Waals surface area contributed by atoms with Crippen LogP contribution in [-0.4, -0.2) is 25.0 Å². The SMILES string of the molecule is CCCC(C)COc1ccc(C(CNC(=O)CC(C)C)NC(=O)Cc2ccccc2)cc1. The van der Waals surface area contributed by atoms with Crippen LogP contribution in [0.3, 0.4) is 0 Å². The second-order valence-electron chi connectivity index (χ2n) is 8.96. The lowest BCUT2D eigenvalue weighted by Gasteiger charge is -2.21. The quantitative estimate of drug-likeness (QED) is 0.459. The topological polar surface area (TPSA) is 67.4 Å². The highest BCUT2D eigenvalue weighted by molar-refractivity contribution is 5.79. The van der Waals surface area contributed by atoms with Gasteiger partial charge in [0.15, 0.2) is 0 Å². The Labute approximate surface area is 192 Å². The molecule has 0 saturated heterocycles. The Bertz CT molecular complexity index is 819. The average molecular weight is 439 g/mol. The Kier molecular flexibility index (Phi) is 10.8. The number of amides is 2. The van der Waals surface area contributed by atoms with Gasteiger partial charge >= 0.3 is 0 Å². The van der Waals surface area contributed by atoms with E-state index in [2.05, 4.69) is 24.5 Å². The first kappa shape index (κ1) is 25.4. The summed E-state index contributed by atoms with van der Waals surface area (Å²) in [6.45, 7) is 9.43. The van der Waals surface area contributed by atoms with Crippen molar-refractivity contribution in [3.63, 3.8) is 0 Å². The van der Waals surface area contributed by atoms with Crippen molar-refractivity contribution in [2.45, 2.75) is 59.4 Å². The molecule has 2 atom stereocenters. The zero-order chi connectivity index (χ0) is 23.3. The summed E-state index contributed by atoms with van der Waals surface area (Å²) in [4.78, 5) is 24.9. The molecule has 0 spiro atoms. The minimum absolute atomic E-state index is 0.00725. The van der Waals surface area contributed by atoms with Gasteiger partial charge in [0.25, 0.3) is 0 Å².